The third-order valence-corrected chi connectivity index (χ3v) is 4.96. The highest BCUT2D eigenvalue weighted by atomic mass is 79.9. The summed E-state index contributed by atoms with van der Waals surface area (Å²) in [5.41, 5.74) is 1.18. The van der Waals surface area contributed by atoms with Crippen LogP contribution in [0.5, 0.6) is 0 Å². The zero-order valence-corrected chi connectivity index (χ0v) is 11.5. The van der Waals surface area contributed by atoms with Crippen molar-refractivity contribution >= 4 is 31.9 Å². The summed E-state index contributed by atoms with van der Waals surface area (Å²) >= 11 is 6.96. The van der Waals surface area contributed by atoms with Crippen LogP contribution in [0.15, 0.2) is 22.7 Å². The van der Waals surface area contributed by atoms with E-state index in [9.17, 15) is 4.39 Å². The van der Waals surface area contributed by atoms with Gasteiger partial charge < -0.3 is 0 Å². The summed E-state index contributed by atoms with van der Waals surface area (Å²) in [6, 6.07) is 5.29. The topological polar surface area (TPSA) is 0 Å². The number of rotatable bonds is 2. The second kappa shape index (κ2) is 4.96. The zero-order valence-electron chi connectivity index (χ0n) is 8.35. The van der Waals surface area contributed by atoms with Gasteiger partial charge in [0.05, 0.1) is 4.47 Å². The Morgan fingerprint density at radius 2 is 1.93 bits per heavy atom. The highest BCUT2D eigenvalue weighted by Gasteiger charge is 2.24. The SMILES string of the molecule is Fc1ccc(C(Br)C2CCCC2)cc1Br. The summed E-state index contributed by atoms with van der Waals surface area (Å²) in [6.45, 7) is 0. The lowest BCUT2D eigenvalue weighted by atomic mass is 9.98. The molecule has 0 spiro atoms. The highest BCUT2D eigenvalue weighted by molar-refractivity contribution is 9.10. The molecule has 1 fully saturated rings. The van der Waals surface area contributed by atoms with Crippen LogP contribution in [0, 0.1) is 11.7 Å². The molecule has 0 heterocycles. The van der Waals surface area contributed by atoms with Gasteiger partial charge in [-0.2, -0.15) is 0 Å². The molecule has 0 bridgehead atoms. The molecule has 0 aromatic heterocycles. The third-order valence-electron chi connectivity index (χ3n) is 3.08. The standard InChI is InChI=1S/C12H13Br2F/c13-10-7-9(5-6-11(10)15)12(14)8-3-1-2-4-8/h5-8,12H,1-4H2. The summed E-state index contributed by atoms with van der Waals surface area (Å²) < 4.78 is 13.6. The lowest BCUT2D eigenvalue weighted by Crippen LogP contribution is -2.03. The molecule has 0 saturated heterocycles. The van der Waals surface area contributed by atoms with Crippen molar-refractivity contribution in [1.82, 2.24) is 0 Å². The maximum atomic E-state index is 13.1. The van der Waals surface area contributed by atoms with Gasteiger partial charge in [-0.05, 0) is 52.4 Å². The fourth-order valence-electron chi connectivity index (χ4n) is 2.21. The van der Waals surface area contributed by atoms with E-state index in [2.05, 4.69) is 31.9 Å². The van der Waals surface area contributed by atoms with Gasteiger partial charge in [0.2, 0.25) is 0 Å². The Balaban J connectivity index is 2.17. The van der Waals surface area contributed by atoms with Crippen LogP contribution in [0.4, 0.5) is 4.39 Å². The Labute approximate surface area is 107 Å². The summed E-state index contributed by atoms with van der Waals surface area (Å²) in [5.74, 6) is 0.521. The number of hydrogen-bond donors (Lipinski definition) is 0. The van der Waals surface area contributed by atoms with E-state index < -0.39 is 0 Å². The summed E-state index contributed by atoms with van der Waals surface area (Å²) in [5, 5.41) is 0. The molecule has 0 amide bonds. The van der Waals surface area contributed by atoms with E-state index in [-0.39, 0.29) is 5.82 Å². The van der Waals surface area contributed by atoms with Gasteiger partial charge in [0.15, 0.2) is 0 Å². The molecule has 15 heavy (non-hydrogen) atoms. The molecule has 1 aromatic rings. The zero-order chi connectivity index (χ0) is 10.8. The molecule has 0 N–H and O–H groups in total. The maximum Gasteiger partial charge on any atom is 0.137 e. The average Bonchev–Trinajstić information content (AvgIpc) is 2.74. The van der Waals surface area contributed by atoms with Crippen LogP contribution in [0.2, 0.25) is 0 Å². The Morgan fingerprint density at radius 3 is 2.53 bits per heavy atom. The number of alkyl halides is 1. The molecule has 82 valence electrons. The molecular weight excluding hydrogens is 323 g/mol. The lowest BCUT2D eigenvalue weighted by Gasteiger charge is -2.17. The van der Waals surface area contributed by atoms with Gasteiger partial charge in [-0.25, -0.2) is 4.39 Å². The summed E-state index contributed by atoms with van der Waals surface area (Å²) in [4.78, 5) is 0.372. The van der Waals surface area contributed by atoms with Crippen molar-refractivity contribution in [3.05, 3.63) is 34.1 Å². The van der Waals surface area contributed by atoms with Crippen LogP contribution in [0.1, 0.15) is 36.1 Å². The number of halogens is 3. The maximum absolute atomic E-state index is 13.1. The van der Waals surface area contributed by atoms with Crippen molar-refractivity contribution in [2.75, 3.05) is 0 Å². The third kappa shape index (κ3) is 2.62. The van der Waals surface area contributed by atoms with E-state index >= 15 is 0 Å². The van der Waals surface area contributed by atoms with E-state index in [1.165, 1.54) is 37.3 Å². The molecule has 3 heteroatoms. The van der Waals surface area contributed by atoms with Crippen LogP contribution in [-0.4, -0.2) is 0 Å². The Hall–Kier alpha value is 0.110. The van der Waals surface area contributed by atoms with Gasteiger partial charge in [0, 0.05) is 4.83 Å². The number of hydrogen-bond acceptors (Lipinski definition) is 0. The van der Waals surface area contributed by atoms with Gasteiger partial charge in [-0.3, -0.25) is 0 Å². The van der Waals surface area contributed by atoms with E-state index in [1.807, 2.05) is 12.1 Å². The molecule has 1 atom stereocenters. The quantitative estimate of drug-likeness (QED) is 0.650. The summed E-state index contributed by atoms with van der Waals surface area (Å²) in [6.07, 6.45) is 5.22. The van der Waals surface area contributed by atoms with Crippen LogP contribution in [-0.2, 0) is 0 Å². The van der Waals surface area contributed by atoms with Gasteiger partial charge >= 0.3 is 0 Å². The minimum atomic E-state index is -0.190. The van der Waals surface area contributed by atoms with E-state index in [0.29, 0.717) is 15.2 Å². The monoisotopic (exact) mass is 334 g/mol. The van der Waals surface area contributed by atoms with E-state index in [1.54, 1.807) is 0 Å². The van der Waals surface area contributed by atoms with E-state index in [0.717, 1.165) is 0 Å². The van der Waals surface area contributed by atoms with Crippen LogP contribution < -0.4 is 0 Å². The molecule has 2 rings (SSSR count). The van der Waals surface area contributed by atoms with Crippen molar-refractivity contribution in [3.63, 3.8) is 0 Å². The first kappa shape index (κ1) is 11.6. The van der Waals surface area contributed by atoms with Crippen molar-refractivity contribution in [2.24, 2.45) is 5.92 Å². The fourth-order valence-corrected chi connectivity index (χ4v) is 3.42. The minimum Gasteiger partial charge on any atom is -0.206 e. The largest absolute Gasteiger partial charge is 0.206 e. The molecule has 0 aliphatic heterocycles. The molecule has 1 aliphatic carbocycles. The van der Waals surface area contributed by atoms with Gasteiger partial charge in [0.1, 0.15) is 5.82 Å². The first-order valence-electron chi connectivity index (χ1n) is 5.27. The molecule has 0 nitrogen and oxygen atoms in total. The number of benzene rings is 1. The van der Waals surface area contributed by atoms with Gasteiger partial charge in [0.25, 0.3) is 0 Å². The molecule has 1 unspecified atom stereocenters. The van der Waals surface area contributed by atoms with Gasteiger partial charge in [-0.15, -0.1) is 0 Å². The molecule has 1 saturated carbocycles. The smallest absolute Gasteiger partial charge is 0.137 e. The Kier molecular flexibility index (Phi) is 3.83. The lowest BCUT2D eigenvalue weighted by molar-refractivity contribution is 0.540. The van der Waals surface area contributed by atoms with Crippen LogP contribution >= 0.6 is 31.9 Å². The van der Waals surface area contributed by atoms with Crippen LogP contribution in [0.3, 0.4) is 0 Å². The summed E-state index contributed by atoms with van der Waals surface area (Å²) in [7, 11) is 0. The second-order valence-electron chi connectivity index (χ2n) is 4.12. The molecule has 0 radical (unpaired) electrons. The predicted octanol–water partition coefficient (Wildman–Crippen LogP) is 5.21. The first-order valence-corrected chi connectivity index (χ1v) is 6.98. The van der Waals surface area contributed by atoms with Crippen LogP contribution in [0.25, 0.3) is 0 Å². The molecule has 1 aliphatic rings. The van der Waals surface area contributed by atoms with Gasteiger partial charge in [-0.1, -0.05) is 34.8 Å². The highest BCUT2D eigenvalue weighted by Crippen LogP contribution is 2.41. The molecular formula is C12H13Br2F. The van der Waals surface area contributed by atoms with Crippen molar-refractivity contribution in [2.45, 2.75) is 30.5 Å². The van der Waals surface area contributed by atoms with E-state index in [4.69, 9.17) is 0 Å². The van der Waals surface area contributed by atoms with Crippen molar-refractivity contribution in [1.29, 1.82) is 0 Å². The van der Waals surface area contributed by atoms with Crippen molar-refractivity contribution in [3.8, 4) is 0 Å². The normalized spacial score (nSPS) is 19.4. The minimum absolute atomic E-state index is 0.190. The van der Waals surface area contributed by atoms with Crippen molar-refractivity contribution < 1.29 is 4.39 Å². The average molecular weight is 336 g/mol. The second-order valence-corrected chi connectivity index (χ2v) is 5.96. The molecule has 1 aromatic carbocycles. The Bertz CT molecular complexity index is 345. The Morgan fingerprint density at radius 1 is 1.27 bits per heavy atom. The fraction of sp³-hybridized carbons (Fsp3) is 0.500. The first-order chi connectivity index (χ1) is 7.18. The predicted molar refractivity (Wildman–Crippen MR) is 67.7 cm³/mol.